The molecule has 2 rings (SSSR count). The number of hydrogen-bond donors (Lipinski definition) is 1. The second-order valence-electron chi connectivity index (χ2n) is 5.48. The maximum Gasteiger partial charge on any atom is 0.175 e. The fraction of sp³-hybridized carbons (Fsp3) is 0.538. The Bertz CT molecular complexity index is 517. The lowest BCUT2D eigenvalue weighted by Gasteiger charge is -2.04. The fourth-order valence-corrected chi connectivity index (χ4v) is 3.40. The first-order valence-electron chi connectivity index (χ1n) is 5.78. The molecule has 0 bridgehead atoms. The molecule has 4 heteroatoms. The largest absolute Gasteiger partial charge is 0.330 e. The van der Waals surface area contributed by atoms with Gasteiger partial charge in [0.1, 0.15) is 0 Å². The van der Waals surface area contributed by atoms with Crippen LogP contribution in [0, 0.1) is 11.3 Å². The van der Waals surface area contributed by atoms with E-state index in [0.29, 0.717) is 23.3 Å². The van der Waals surface area contributed by atoms with Crippen molar-refractivity contribution in [1.82, 2.24) is 0 Å². The Morgan fingerprint density at radius 2 is 1.76 bits per heavy atom. The van der Waals surface area contributed by atoms with E-state index in [9.17, 15) is 8.42 Å². The third-order valence-electron chi connectivity index (χ3n) is 3.97. The van der Waals surface area contributed by atoms with Gasteiger partial charge in [-0.15, -0.1) is 0 Å². The fourth-order valence-electron chi connectivity index (χ4n) is 2.77. The standard InChI is InChI=1S/C13H19NO2S/c1-13(2)11(8-14)12(13)9-4-6-10(7-5-9)17(3,15)16/h4-7,11-12H,8,14H2,1-3H3. The van der Waals surface area contributed by atoms with Gasteiger partial charge in [-0.25, -0.2) is 8.42 Å². The maximum atomic E-state index is 11.4. The van der Waals surface area contributed by atoms with E-state index in [4.69, 9.17) is 5.73 Å². The number of nitrogens with two attached hydrogens (primary N) is 1. The van der Waals surface area contributed by atoms with Crippen LogP contribution in [0.3, 0.4) is 0 Å². The molecular formula is C13H19NO2S. The predicted molar refractivity (Wildman–Crippen MR) is 68.6 cm³/mol. The smallest absolute Gasteiger partial charge is 0.175 e. The summed E-state index contributed by atoms with van der Waals surface area (Å²) in [5.74, 6) is 0.965. The summed E-state index contributed by atoms with van der Waals surface area (Å²) in [5.41, 5.74) is 7.17. The summed E-state index contributed by atoms with van der Waals surface area (Å²) in [4.78, 5) is 0.379. The highest BCUT2D eigenvalue weighted by molar-refractivity contribution is 7.90. The Labute approximate surface area is 103 Å². The van der Waals surface area contributed by atoms with Crippen molar-refractivity contribution in [3.05, 3.63) is 29.8 Å². The van der Waals surface area contributed by atoms with E-state index in [1.807, 2.05) is 12.1 Å². The molecule has 0 aromatic heterocycles. The Hall–Kier alpha value is -0.870. The van der Waals surface area contributed by atoms with Crippen molar-refractivity contribution in [1.29, 1.82) is 0 Å². The third-order valence-corrected chi connectivity index (χ3v) is 5.10. The molecule has 0 radical (unpaired) electrons. The molecule has 17 heavy (non-hydrogen) atoms. The molecule has 0 amide bonds. The zero-order valence-electron chi connectivity index (χ0n) is 10.5. The quantitative estimate of drug-likeness (QED) is 0.893. The molecule has 94 valence electrons. The summed E-state index contributed by atoms with van der Waals surface area (Å²) in [6.07, 6.45) is 1.23. The van der Waals surface area contributed by atoms with Crippen molar-refractivity contribution in [3.63, 3.8) is 0 Å². The minimum absolute atomic E-state index is 0.237. The molecule has 1 aliphatic rings. The van der Waals surface area contributed by atoms with Crippen LogP contribution in [0.25, 0.3) is 0 Å². The van der Waals surface area contributed by atoms with Crippen LogP contribution < -0.4 is 5.73 Å². The molecule has 0 spiro atoms. The van der Waals surface area contributed by atoms with Gasteiger partial charge in [-0.2, -0.15) is 0 Å². The molecule has 2 N–H and O–H groups in total. The van der Waals surface area contributed by atoms with Gasteiger partial charge in [0.15, 0.2) is 9.84 Å². The van der Waals surface area contributed by atoms with Crippen LogP contribution >= 0.6 is 0 Å². The molecule has 0 aliphatic heterocycles. The summed E-state index contributed by atoms with van der Waals surface area (Å²) in [5, 5.41) is 0. The van der Waals surface area contributed by atoms with Crippen LogP contribution in [-0.2, 0) is 9.84 Å². The zero-order valence-corrected chi connectivity index (χ0v) is 11.3. The number of rotatable bonds is 3. The first-order chi connectivity index (χ1) is 7.78. The Morgan fingerprint density at radius 1 is 1.24 bits per heavy atom. The van der Waals surface area contributed by atoms with Crippen LogP contribution in [0.15, 0.2) is 29.2 Å². The van der Waals surface area contributed by atoms with Crippen molar-refractivity contribution >= 4 is 9.84 Å². The first kappa shape index (κ1) is 12.6. The topological polar surface area (TPSA) is 60.2 Å². The zero-order chi connectivity index (χ0) is 12.8. The van der Waals surface area contributed by atoms with Crippen LogP contribution in [0.5, 0.6) is 0 Å². The van der Waals surface area contributed by atoms with Crippen molar-refractivity contribution < 1.29 is 8.42 Å². The molecule has 2 unspecified atom stereocenters. The molecular weight excluding hydrogens is 234 g/mol. The Kier molecular flexibility index (Phi) is 2.83. The van der Waals surface area contributed by atoms with Gasteiger partial charge < -0.3 is 5.73 Å². The predicted octanol–water partition coefficient (Wildman–Crippen LogP) is 1.79. The summed E-state index contributed by atoms with van der Waals surface area (Å²) >= 11 is 0. The lowest BCUT2D eigenvalue weighted by atomic mass is 10.0. The number of hydrogen-bond acceptors (Lipinski definition) is 3. The molecule has 2 atom stereocenters. The van der Waals surface area contributed by atoms with E-state index in [1.165, 1.54) is 11.8 Å². The van der Waals surface area contributed by atoms with E-state index < -0.39 is 9.84 Å². The summed E-state index contributed by atoms with van der Waals surface area (Å²) in [6.45, 7) is 5.10. The second kappa shape index (κ2) is 3.82. The Morgan fingerprint density at radius 3 is 2.12 bits per heavy atom. The van der Waals surface area contributed by atoms with Gasteiger partial charge in [0.25, 0.3) is 0 Å². The van der Waals surface area contributed by atoms with Gasteiger partial charge in [-0.1, -0.05) is 26.0 Å². The molecule has 0 saturated heterocycles. The average Bonchev–Trinajstić information content (AvgIpc) is 2.79. The third kappa shape index (κ3) is 2.11. The minimum Gasteiger partial charge on any atom is -0.330 e. The summed E-state index contributed by atoms with van der Waals surface area (Å²) < 4.78 is 22.7. The lowest BCUT2D eigenvalue weighted by Crippen LogP contribution is -2.05. The number of benzene rings is 1. The highest BCUT2D eigenvalue weighted by Crippen LogP contribution is 2.63. The van der Waals surface area contributed by atoms with Gasteiger partial charge in [-0.3, -0.25) is 0 Å². The molecule has 1 aromatic carbocycles. The molecule has 3 nitrogen and oxygen atoms in total. The van der Waals surface area contributed by atoms with E-state index in [1.54, 1.807) is 12.1 Å². The van der Waals surface area contributed by atoms with Crippen LogP contribution in [0.2, 0.25) is 0 Å². The molecule has 1 aliphatic carbocycles. The first-order valence-corrected chi connectivity index (χ1v) is 7.67. The van der Waals surface area contributed by atoms with Crippen molar-refractivity contribution in [2.45, 2.75) is 24.7 Å². The van der Waals surface area contributed by atoms with E-state index in [0.717, 1.165) is 0 Å². The molecule has 1 fully saturated rings. The minimum atomic E-state index is -3.10. The lowest BCUT2D eigenvalue weighted by molar-refractivity contribution is 0.558. The second-order valence-corrected chi connectivity index (χ2v) is 7.50. The van der Waals surface area contributed by atoms with E-state index >= 15 is 0 Å². The molecule has 1 aromatic rings. The molecule has 1 saturated carbocycles. The van der Waals surface area contributed by atoms with Crippen LogP contribution in [0.4, 0.5) is 0 Å². The van der Waals surface area contributed by atoms with E-state index in [-0.39, 0.29) is 5.41 Å². The number of sulfone groups is 1. The van der Waals surface area contributed by atoms with Crippen molar-refractivity contribution in [2.24, 2.45) is 17.1 Å². The van der Waals surface area contributed by atoms with Crippen molar-refractivity contribution in [2.75, 3.05) is 12.8 Å². The van der Waals surface area contributed by atoms with Crippen molar-refractivity contribution in [3.8, 4) is 0 Å². The van der Waals surface area contributed by atoms with E-state index in [2.05, 4.69) is 13.8 Å². The average molecular weight is 253 g/mol. The normalized spacial score (nSPS) is 26.8. The van der Waals surface area contributed by atoms with Gasteiger partial charge >= 0.3 is 0 Å². The van der Waals surface area contributed by atoms with Gasteiger partial charge in [0, 0.05) is 6.26 Å². The van der Waals surface area contributed by atoms with Crippen LogP contribution in [0.1, 0.15) is 25.3 Å². The monoisotopic (exact) mass is 253 g/mol. The Balaban J connectivity index is 2.27. The highest BCUT2D eigenvalue weighted by atomic mass is 32.2. The SMILES string of the molecule is CC1(C)C(CN)C1c1ccc(S(C)(=O)=O)cc1. The summed E-state index contributed by atoms with van der Waals surface area (Å²) in [7, 11) is -3.10. The van der Waals surface area contributed by atoms with Gasteiger partial charge in [-0.05, 0) is 41.5 Å². The van der Waals surface area contributed by atoms with Gasteiger partial charge in [0.05, 0.1) is 4.90 Å². The maximum absolute atomic E-state index is 11.4. The highest BCUT2D eigenvalue weighted by Gasteiger charge is 2.57. The summed E-state index contributed by atoms with van der Waals surface area (Å²) in [6, 6.07) is 7.20. The molecule has 0 heterocycles. The van der Waals surface area contributed by atoms with Gasteiger partial charge in [0.2, 0.25) is 0 Å². The van der Waals surface area contributed by atoms with Crippen LogP contribution in [-0.4, -0.2) is 21.2 Å².